The number of nitrogens with one attached hydrogen (secondary N) is 1. The molecule has 6 nitrogen and oxygen atoms in total. The highest BCUT2D eigenvalue weighted by Crippen LogP contribution is 2.29. The van der Waals surface area contributed by atoms with Gasteiger partial charge in [0.15, 0.2) is 11.5 Å². The van der Waals surface area contributed by atoms with E-state index in [1.54, 1.807) is 31.4 Å². The van der Waals surface area contributed by atoms with E-state index in [1.165, 1.54) is 0 Å². The summed E-state index contributed by atoms with van der Waals surface area (Å²) in [6.45, 7) is 3.73. The number of rotatable bonds is 8. The molecular weight excluding hydrogens is 320 g/mol. The molecule has 2 rings (SSSR count). The SMILES string of the molecule is CCCOc1cc(/C=C(\C#N)C(=O)NCC2CCCO2)ccc1OC. The third-order valence-electron chi connectivity index (χ3n) is 3.84. The maximum absolute atomic E-state index is 12.2. The number of ether oxygens (including phenoxy) is 3. The van der Waals surface area contributed by atoms with Gasteiger partial charge in [-0.2, -0.15) is 5.26 Å². The van der Waals surface area contributed by atoms with Gasteiger partial charge in [0.1, 0.15) is 11.6 Å². The van der Waals surface area contributed by atoms with Crippen LogP contribution < -0.4 is 14.8 Å². The topological polar surface area (TPSA) is 80.6 Å². The van der Waals surface area contributed by atoms with E-state index in [0.717, 1.165) is 25.9 Å². The molecule has 1 amide bonds. The average Bonchev–Trinajstić information content (AvgIpc) is 3.16. The Balaban J connectivity index is 2.09. The van der Waals surface area contributed by atoms with E-state index in [0.29, 0.717) is 30.2 Å². The molecule has 0 bridgehead atoms. The molecule has 0 spiro atoms. The Hall–Kier alpha value is -2.52. The van der Waals surface area contributed by atoms with Crippen molar-refractivity contribution < 1.29 is 19.0 Å². The van der Waals surface area contributed by atoms with Gasteiger partial charge in [0, 0.05) is 13.2 Å². The van der Waals surface area contributed by atoms with Gasteiger partial charge in [0.05, 0.1) is 19.8 Å². The van der Waals surface area contributed by atoms with Crippen molar-refractivity contribution in [2.75, 3.05) is 26.9 Å². The smallest absolute Gasteiger partial charge is 0.262 e. The van der Waals surface area contributed by atoms with E-state index >= 15 is 0 Å². The number of amides is 1. The van der Waals surface area contributed by atoms with Gasteiger partial charge < -0.3 is 19.5 Å². The first-order valence-corrected chi connectivity index (χ1v) is 8.50. The minimum absolute atomic E-state index is 0.0407. The summed E-state index contributed by atoms with van der Waals surface area (Å²) in [5, 5.41) is 12.1. The van der Waals surface area contributed by atoms with E-state index in [9.17, 15) is 10.1 Å². The Bertz CT molecular complexity index is 658. The molecule has 0 aliphatic carbocycles. The van der Waals surface area contributed by atoms with Gasteiger partial charge in [-0.1, -0.05) is 13.0 Å². The van der Waals surface area contributed by atoms with Gasteiger partial charge in [-0.05, 0) is 43.0 Å². The molecule has 1 saturated heterocycles. The lowest BCUT2D eigenvalue weighted by molar-refractivity contribution is -0.117. The molecule has 1 fully saturated rings. The zero-order valence-electron chi connectivity index (χ0n) is 14.7. The van der Waals surface area contributed by atoms with E-state index in [4.69, 9.17) is 14.2 Å². The van der Waals surface area contributed by atoms with Crippen LogP contribution in [0, 0.1) is 11.3 Å². The number of hydrogen-bond donors (Lipinski definition) is 1. The summed E-state index contributed by atoms with van der Waals surface area (Å²) in [6.07, 6.45) is 4.40. The highest BCUT2D eigenvalue weighted by molar-refractivity contribution is 6.01. The predicted molar refractivity (Wildman–Crippen MR) is 94.4 cm³/mol. The third kappa shape index (κ3) is 5.50. The highest BCUT2D eigenvalue weighted by atomic mass is 16.5. The molecule has 0 saturated carbocycles. The third-order valence-corrected chi connectivity index (χ3v) is 3.84. The molecule has 1 atom stereocenters. The number of benzene rings is 1. The summed E-state index contributed by atoms with van der Waals surface area (Å²) in [4.78, 5) is 12.2. The number of methoxy groups -OCH3 is 1. The Morgan fingerprint density at radius 2 is 2.32 bits per heavy atom. The number of nitrogens with zero attached hydrogens (tertiary/aromatic N) is 1. The van der Waals surface area contributed by atoms with Crippen LogP contribution >= 0.6 is 0 Å². The van der Waals surface area contributed by atoms with Gasteiger partial charge in [-0.3, -0.25) is 4.79 Å². The molecular formula is C19H24N2O4. The standard InChI is InChI=1S/C19H24N2O4/c1-3-8-25-18-11-14(6-7-17(18)23-2)10-15(12-20)19(22)21-13-16-5-4-9-24-16/h6-7,10-11,16H,3-5,8-9,13H2,1-2H3,(H,21,22)/b15-10+. The number of carbonyl (C=O) groups is 1. The molecule has 134 valence electrons. The number of carbonyl (C=O) groups excluding carboxylic acids is 1. The van der Waals surface area contributed by atoms with Crippen molar-refractivity contribution in [1.82, 2.24) is 5.32 Å². The molecule has 1 aromatic carbocycles. The predicted octanol–water partition coefficient (Wildman–Crippen LogP) is 2.69. The zero-order valence-corrected chi connectivity index (χ0v) is 14.7. The Kier molecular flexibility index (Phi) is 7.30. The van der Waals surface area contributed by atoms with Gasteiger partial charge >= 0.3 is 0 Å². The van der Waals surface area contributed by atoms with Crippen molar-refractivity contribution in [3.63, 3.8) is 0 Å². The molecule has 1 heterocycles. The maximum Gasteiger partial charge on any atom is 0.262 e. The zero-order chi connectivity index (χ0) is 18.1. The van der Waals surface area contributed by atoms with Crippen LogP contribution in [0.25, 0.3) is 6.08 Å². The fraction of sp³-hybridized carbons (Fsp3) is 0.474. The summed E-state index contributed by atoms with van der Waals surface area (Å²) in [7, 11) is 1.57. The van der Waals surface area contributed by atoms with Gasteiger partial charge in [0.2, 0.25) is 0 Å². The minimum Gasteiger partial charge on any atom is -0.493 e. The van der Waals surface area contributed by atoms with Crippen LogP contribution in [-0.4, -0.2) is 38.9 Å². The molecule has 1 N–H and O–H groups in total. The Morgan fingerprint density at radius 3 is 2.96 bits per heavy atom. The lowest BCUT2D eigenvalue weighted by Gasteiger charge is -2.11. The van der Waals surface area contributed by atoms with Crippen LogP contribution in [0.3, 0.4) is 0 Å². The lowest BCUT2D eigenvalue weighted by atomic mass is 10.1. The summed E-state index contributed by atoms with van der Waals surface area (Å²) in [5.41, 5.74) is 0.750. The van der Waals surface area contributed by atoms with Crippen molar-refractivity contribution >= 4 is 12.0 Å². The normalized spacial score (nSPS) is 17.0. The molecule has 0 radical (unpaired) electrons. The van der Waals surface area contributed by atoms with E-state index in [-0.39, 0.29) is 11.7 Å². The van der Waals surface area contributed by atoms with Crippen LogP contribution in [-0.2, 0) is 9.53 Å². The highest BCUT2D eigenvalue weighted by Gasteiger charge is 2.17. The van der Waals surface area contributed by atoms with E-state index in [1.807, 2.05) is 13.0 Å². The first-order valence-electron chi connectivity index (χ1n) is 8.50. The van der Waals surface area contributed by atoms with E-state index in [2.05, 4.69) is 5.32 Å². The quantitative estimate of drug-likeness (QED) is 0.579. The average molecular weight is 344 g/mol. The van der Waals surface area contributed by atoms with Crippen LogP contribution in [0.2, 0.25) is 0 Å². The van der Waals surface area contributed by atoms with Gasteiger partial charge in [-0.25, -0.2) is 0 Å². The van der Waals surface area contributed by atoms with Crippen LogP contribution in [0.5, 0.6) is 11.5 Å². The number of hydrogen-bond acceptors (Lipinski definition) is 5. The van der Waals surface area contributed by atoms with Crippen molar-refractivity contribution in [3.8, 4) is 17.6 Å². The van der Waals surface area contributed by atoms with Crippen LogP contribution in [0.15, 0.2) is 23.8 Å². The second-order valence-electron chi connectivity index (χ2n) is 5.77. The van der Waals surface area contributed by atoms with Gasteiger partial charge in [-0.15, -0.1) is 0 Å². The first kappa shape index (κ1) is 18.8. The molecule has 1 unspecified atom stereocenters. The largest absolute Gasteiger partial charge is 0.493 e. The Labute approximate surface area is 148 Å². The Morgan fingerprint density at radius 1 is 1.48 bits per heavy atom. The minimum atomic E-state index is -0.398. The van der Waals surface area contributed by atoms with Gasteiger partial charge in [0.25, 0.3) is 5.91 Å². The van der Waals surface area contributed by atoms with Crippen LogP contribution in [0.1, 0.15) is 31.7 Å². The summed E-state index contributed by atoms with van der Waals surface area (Å²) in [6, 6.07) is 7.26. The van der Waals surface area contributed by atoms with E-state index < -0.39 is 5.91 Å². The molecule has 25 heavy (non-hydrogen) atoms. The summed E-state index contributed by atoms with van der Waals surface area (Å²) in [5.74, 6) is 0.812. The maximum atomic E-state index is 12.2. The second-order valence-corrected chi connectivity index (χ2v) is 5.77. The van der Waals surface area contributed by atoms with Crippen molar-refractivity contribution in [2.24, 2.45) is 0 Å². The monoisotopic (exact) mass is 344 g/mol. The second kappa shape index (κ2) is 9.70. The van der Waals surface area contributed by atoms with Crippen molar-refractivity contribution in [3.05, 3.63) is 29.3 Å². The van der Waals surface area contributed by atoms with Crippen molar-refractivity contribution in [2.45, 2.75) is 32.3 Å². The lowest BCUT2D eigenvalue weighted by Crippen LogP contribution is -2.32. The molecule has 1 aliphatic rings. The fourth-order valence-electron chi connectivity index (χ4n) is 2.53. The molecule has 1 aliphatic heterocycles. The first-order chi connectivity index (χ1) is 12.2. The molecule has 1 aromatic rings. The molecule has 0 aromatic heterocycles. The van der Waals surface area contributed by atoms with Crippen LogP contribution in [0.4, 0.5) is 0 Å². The summed E-state index contributed by atoms with van der Waals surface area (Å²) >= 11 is 0. The fourth-order valence-corrected chi connectivity index (χ4v) is 2.53. The van der Waals surface area contributed by atoms with Crippen molar-refractivity contribution in [1.29, 1.82) is 5.26 Å². The summed E-state index contributed by atoms with van der Waals surface area (Å²) < 4.78 is 16.4. The number of nitriles is 1. The molecule has 6 heteroatoms.